The average Bonchev–Trinajstić information content (AvgIpc) is 3.51. The van der Waals surface area contributed by atoms with E-state index in [0.29, 0.717) is 13.2 Å². The molecule has 6 aromatic carbocycles. The van der Waals surface area contributed by atoms with Crippen LogP contribution in [0.3, 0.4) is 0 Å². The third-order valence-electron chi connectivity index (χ3n) is 9.90. The van der Waals surface area contributed by atoms with Crippen LogP contribution in [0.1, 0.15) is 64.5 Å². The number of ether oxygens (including phenoxy) is 4. The van der Waals surface area contributed by atoms with Crippen molar-refractivity contribution in [3.63, 3.8) is 0 Å². The van der Waals surface area contributed by atoms with Gasteiger partial charge in [-0.05, 0) is 73.9 Å². The van der Waals surface area contributed by atoms with Crippen molar-refractivity contribution in [2.24, 2.45) is 0 Å². The first-order valence-electron chi connectivity index (χ1n) is 19.4. The highest BCUT2D eigenvalue weighted by molar-refractivity contribution is 7.80. The van der Waals surface area contributed by atoms with Crippen LogP contribution in [0.25, 0.3) is 0 Å². The molecule has 6 heteroatoms. The van der Waals surface area contributed by atoms with E-state index in [1.807, 2.05) is 13.8 Å². The van der Waals surface area contributed by atoms with E-state index in [2.05, 4.69) is 185 Å². The molecule has 2 atom stereocenters. The van der Waals surface area contributed by atoms with Crippen LogP contribution in [0.2, 0.25) is 0 Å². The van der Waals surface area contributed by atoms with Gasteiger partial charge in [0.15, 0.2) is 5.79 Å². The lowest BCUT2D eigenvalue weighted by Crippen LogP contribution is -2.35. The van der Waals surface area contributed by atoms with Gasteiger partial charge in [0.1, 0.15) is 36.9 Å². The Morgan fingerprint density at radius 1 is 0.455 bits per heavy atom. The summed E-state index contributed by atoms with van der Waals surface area (Å²) in [5, 5.41) is 7.55. The van der Waals surface area contributed by atoms with Crippen LogP contribution in [0.4, 0.5) is 0 Å². The van der Waals surface area contributed by atoms with E-state index < -0.39 is 21.6 Å². The van der Waals surface area contributed by atoms with E-state index in [9.17, 15) is 0 Å². The van der Waals surface area contributed by atoms with E-state index in [-0.39, 0.29) is 24.0 Å². The van der Waals surface area contributed by atoms with Crippen molar-refractivity contribution >= 4 is 47.7 Å². The smallest absolute Gasteiger partial charge is 0.164 e. The maximum absolute atomic E-state index is 7.01. The molecule has 0 aromatic heterocycles. The predicted octanol–water partition coefficient (Wildman–Crippen LogP) is 9.43. The van der Waals surface area contributed by atoms with Crippen LogP contribution in [0.15, 0.2) is 158 Å². The molecule has 1 unspecified atom stereocenters. The van der Waals surface area contributed by atoms with Gasteiger partial charge in [0.25, 0.3) is 0 Å². The minimum atomic E-state index is -0.877. The van der Waals surface area contributed by atoms with E-state index in [4.69, 9.17) is 18.9 Å². The molecule has 1 aliphatic rings. The second-order valence-corrected chi connectivity index (χ2v) is 19.4. The van der Waals surface area contributed by atoms with E-state index in [1.165, 1.54) is 43.0 Å². The SMILES string of the molecule is CC(C)c1cccc(P(c2ccccc2)c2ccccc2)c1OCC1OC(C)(C)O[C@H]1COc1c(C(C)C)cccc1P(c1ccccc1)c1ccccc1. The van der Waals surface area contributed by atoms with Crippen molar-refractivity contribution in [1.82, 2.24) is 0 Å². The summed E-state index contributed by atoms with van der Waals surface area (Å²) in [5.41, 5.74) is 2.38. The van der Waals surface area contributed by atoms with E-state index in [1.54, 1.807) is 0 Å². The summed E-state index contributed by atoms with van der Waals surface area (Å²) in [4.78, 5) is 0. The van der Waals surface area contributed by atoms with Crippen LogP contribution < -0.4 is 41.3 Å². The topological polar surface area (TPSA) is 36.9 Å². The van der Waals surface area contributed by atoms with Gasteiger partial charge in [-0.3, -0.25) is 0 Å². The van der Waals surface area contributed by atoms with Gasteiger partial charge in [0.05, 0.1) is 0 Å². The Labute approximate surface area is 330 Å². The lowest BCUT2D eigenvalue weighted by atomic mass is 10.0. The largest absolute Gasteiger partial charge is 0.490 e. The summed E-state index contributed by atoms with van der Waals surface area (Å²) in [6, 6.07) is 56.5. The first kappa shape index (κ1) is 39.0. The fourth-order valence-corrected chi connectivity index (χ4v) is 12.2. The Morgan fingerprint density at radius 2 is 0.764 bits per heavy atom. The summed E-state index contributed by atoms with van der Waals surface area (Å²) >= 11 is 0. The summed E-state index contributed by atoms with van der Waals surface area (Å²) in [5.74, 6) is 1.63. The average molecular weight is 767 g/mol. The second-order valence-electron chi connectivity index (χ2n) is 15.0. The molecule has 0 spiro atoms. The molecule has 0 radical (unpaired) electrons. The van der Waals surface area contributed by atoms with E-state index in [0.717, 1.165) is 11.5 Å². The molecule has 0 aliphatic carbocycles. The Morgan fingerprint density at radius 3 is 1.05 bits per heavy atom. The zero-order valence-corrected chi connectivity index (χ0v) is 34.6. The predicted molar refractivity (Wildman–Crippen MR) is 233 cm³/mol. The van der Waals surface area contributed by atoms with Crippen molar-refractivity contribution in [1.29, 1.82) is 0 Å². The third-order valence-corrected chi connectivity index (χ3v) is 14.8. The van der Waals surface area contributed by atoms with Gasteiger partial charge in [-0.15, -0.1) is 0 Å². The molecule has 55 heavy (non-hydrogen) atoms. The number of hydrogen-bond acceptors (Lipinski definition) is 4. The first-order chi connectivity index (χ1) is 26.7. The quantitative estimate of drug-likeness (QED) is 0.104. The molecule has 1 aliphatic heterocycles. The highest BCUT2D eigenvalue weighted by Gasteiger charge is 2.43. The monoisotopic (exact) mass is 766 g/mol. The molecular weight excluding hydrogens is 714 g/mol. The Bertz CT molecular complexity index is 1890. The molecule has 0 N–H and O–H groups in total. The zero-order valence-electron chi connectivity index (χ0n) is 32.8. The fourth-order valence-electron chi connectivity index (χ4n) is 7.35. The van der Waals surface area contributed by atoms with E-state index >= 15 is 0 Å². The van der Waals surface area contributed by atoms with Crippen LogP contribution in [-0.4, -0.2) is 31.2 Å². The van der Waals surface area contributed by atoms with Crippen LogP contribution in [0.5, 0.6) is 11.5 Å². The second kappa shape index (κ2) is 17.7. The highest BCUT2D eigenvalue weighted by atomic mass is 31.1. The Kier molecular flexibility index (Phi) is 12.5. The van der Waals surface area contributed by atoms with Gasteiger partial charge < -0.3 is 18.9 Å². The zero-order chi connectivity index (χ0) is 38.4. The molecular formula is C49H52O4P2. The van der Waals surface area contributed by atoms with Crippen molar-refractivity contribution in [3.8, 4) is 11.5 Å². The molecule has 1 fully saturated rings. The van der Waals surface area contributed by atoms with Gasteiger partial charge in [-0.2, -0.15) is 0 Å². The van der Waals surface area contributed by atoms with Gasteiger partial charge >= 0.3 is 0 Å². The molecule has 6 aromatic rings. The number of para-hydroxylation sites is 2. The van der Waals surface area contributed by atoms with Gasteiger partial charge in [-0.1, -0.05) is 185 Å². The van der Waals surface area contributed by atoms with Gasteiger partial charge in [-0.25, -0.2) is 0 Å². The summed E-state index contributed by atoms with van der Waals surface area (Å²) in [6.07, 6.45) is -0.690. The molecule has 1 heterocycles. The number of rotatable bonds is 14. The molecule has 7 rings (SSSR count). The van der Waals surface area contributed by atoms with Crippen molar-refractivity contribution in [2.45, 2.75) is 71.4 Å². The standard InChI is InChI=1S/C49H52O4P2/c1-35(2)41-29-19-31-45(54(37-21-11-7-12-22-37)38-23-13-8-14-24-38)47(41)50-33-43-44(53-49(5,6)52-43)34-51-48-42(36(3)4)30-20-32-46(48)55(39-25-15-9-16-26-39)40-27-17-10-18-28-40/h7-32,35-36,43-44H,33-34H2,1-6H3/t43-,44?/m0/s1. The van der Waals surface area contributed by atoms with Gasteiger partial charge in [0, 0.05) is 10.6 Å². The molecule has 0 bridgehead atoms. The summed E-state index contributed by atoms with van der Waals surface area (Å²) in [6.45, 7) is 13.6. The Hall–Kier alpha value is -4.30. The minimum Gasteiger partial charge on any atom is -0.490 e. The maximum atomic E-state index is 7.01. The lowest BCUT2D eigenvalue weighted by molar-refractivity contribution is -0.150. The minimum absolute atomic E-state index is 0.268. The van der Waals surface area contributed by atoms with Gasteiger partial charge in [0.2, 0.25) is 0 Å². The molecule has 282 valence electrons. The van der Waals surface area contributed by atoms with Crippen LogP contribution >= 0.6 is 15.8 Å². The first-order valence-corrected chi connectivity index (χ1v) is 22.1. The number of hydrogen-bond donors (Lipinski definition) is 0. The molecule has 0 amide bonds. The molecule has 4 nitrogen and oxygen atoms in total. The number of benzene rings is 6. The molecule has 0 saturated carbocycles. The van der Waals surface area contributed by atoms with Crippen molar-refractivity contribution in [2.75, 3.05) is 13.2 Å². The van der Waals surface area contributed by atoms with Crippen LogP contribution in [0, 0.1) is 0 Å². The summed E-state index contributed by atoms with van der Waals surface area (Å²) in [7, 11) is -1.75. The fraction of sp³-hybridized carbons (Fsp3) is 0.265. The Balaban J connectivity index is 1.21. The third kappa shape index (κ3) is 9.06. The lowest BCUT2D eigenvalue weighted by Gasteiger charge is -2.27. The molecule has 1 saturated heterocycles. The van der Waals surface area contributed by atoms with Crippen molar-refractivity contribution < 1.29 is 18.9 Å². The normalized spacial score (nSPS) is 16.6. The summed E-state index contributed by atoms with van der Waals surface area (Å²) < 4.78 is 27.3. The maximum Gasteiger partial charge on any atom is 0.164 e. The van der Waals surface area contributed by atoms with Crippen molar-refractivity contribution in [3.05, 3.63) is 169 Å². The van der Waals surface area contributed by atoms with Crippen LogP contribution in [-0.2, 0) is 9.47 Å². The highest BCUT2D eigenvalue weighted by Crippen LogP contribution is 2.42.